The molecule has 0 saturated carbocycles. The minimum Gasteiger partial charge on any atom is -0.492 e. The monoisotopic (exact) mass is 443 g/mol. The number of hydrogen-bond donors (Lipinski definition) is 3. The third-order valence-corrected chi connectivity index (χ3v) is 4.59. The molecule has 166 valence electrons. The van der Waals surface area contributed by atoms with Gasteiger partial charge in [-0.1, -0.05) is 32.0 Å². The molecule has 0 aromatic heterocycles. The van der Waals surface area contributed by atoms with Gasteiger partial charge in [0.15, 0.2) is 11.2 Å². The average molecular weight is 444 g/mol. The van der Waals surface area contributed by atoms with Crippen LogP contribution < -0.4 is 25.6 Å². The molecule has 8 heteroatoms. The molecule has 0 spiro atoms. The SMILES string of the molecule is Cc1ccc(OC(C)C(=O)NNC(=S)NC(=O)c2ccccc2OCC(C)C)cc1C. The summed E-state index contributed by atoms with van der Waals surface area (Å²) >= 11 is 5.11. The lowest BCUT2D eigenvalue weighted by molar-refractivity contribution is -0.127. The molecule has 2 aromatic rings. The zero-order valence-corrected chi connectivity index (χ0v) is 19.3. The first-order valence-electron chi connectivity index (χ1n) is 10.0. The van der Waals surface area contributed by atoms with Crippen molar-refractivity contribution in [1.29, 1.82) is 0 Å². The number of carbonyl (C=O) groups excluding carboxylic acids is 2. The Morgan fingerprint density at radius 2 is 1.71 bits per heavy atom. The molecule has 2 aromatic carbocycles. The van der Waals surface area contributed by atoms with Crippen molar-refractivity contribution in [2.75, 3.05) is 6.61 Å². The Bertz CT molecular complexity index is 946. The third kappa shape index (κ3) is 7.57. The zero-order chi connectivity index (χ0) is 23.0. The maximum absolute atomic E-state index is 12.5. The molecule has 0 fully saturated rings. The van der Waals surface area contributed by atoms with Crippen LogP contribution >= 0.6 is 12.2 Å². The summed E-state index contributed by atoms with van der Waals surface area (Å²) in [7, 11) is 0. The van der Waals surface area contributed by atoms with E-state index in [1.807, 2.05) is 45.9 Å². The standard InChI is InChI=1S/C23H29N3O4S/c1-14(2)13-29-20-9-7-6-8-19(20)22(28)24-23(31)26-25-21(27)17(5)30-18-11-10-15(3)16(4)12-18/h6-12,14,17H,13H2,1-5H3,(H,25,27)(H2,24,26,28,31). The van der Waals surface area contributed by atoms with Crippen molar-refractivity contribution in [3.8, 4) is 11.5 Å². The van der Waals surface area contributed by atoms with Gasteiger partial charge in [-0.3, -0.25) is 25.8 Å². The number of ether oxygens (including phenoxy) is 2. The molecule has 7 nitrogen and oxygen atoms in total. The summed E-state index contributed by atoms with van der Waals surface area (Å²) in [5.41, 5.74) is 7.53. The molecule has 0 aliphatic heterocycles. The van der Waals surface area contributed by atoms with E-state index >= 15 is 0 Å². The van der Waals surface area contributed by atoms with Crippen LogP contribution in [0.3, 0.4) is 0 Å². The van der Waals surface area contributed by atoms with Crippen molar-refractivity contribution in [2.45, 2.75) is 40.7 Å². The van der Waals surface area contributed by atoms with Gasteiger partial charge < -0.3 is 9.47 Å². The highest BCUT2D eigenvalue weighted by Gasteiger charge is 2.17. The summed E-state index contributed by atoms with van der Waals surface area (Å²) < 4.78 is 11.3. The van der Waals surface area contributed by atoms with Gasteiger partial charge in [0.1, 0.15) is 11.5 Å². The van der Waals surface area contributed by atoms with Crippen LogP contribution in [0.1, 0.15) is 42.3 Å². The van der Waals surface area contributed by atoms with Gasteiger partial charge >= 0.3 is 0 Å². The van der Waals surface area contributed by atoms with Gasteiger partial charge in [0.2, 0.25) is 0 Å². The van der Waals surface area contributed by atoms with E-state index in [4.69, 9.17) is 21.7 Å². The minimum atomic E-state index is -0.765. The van der Waals surface area contributed by atoms with Gasteiger partial charge in [-0.15, -0.1) is 0 Å². The Labute approximate surface area is 188 Å². The fraction of sp³-hybridized carbons (Fsp3) is 0.348. The number of benzene rings is 2. The maximum Gasteiger partial charge on any atom is 0.279 e. The quantitative estimate of drug-likeness (QED) is 0.449. The third-order valence-electron chi connectivity index (χ3n) is 4.39. The van der Waals surface area contributed by atoms with Crippen LogP contribution in [0.5, 0.6) is 11.5 Å². The Kier molecular flexibility index (Phi) is 8.81. The second kappa shape index (κ2) is 11.3. The number of rotatable bonds is 7. The van der Waals surface area contributed by atoms with E-state index < -0.39 is 17.9 Å². The highest BCUT2D eigenvalue weighted by molar-refractivity contribution is 7.80. The summed E-state index contributed by atoms with van der Waals surface area (Å²) in [5.74, 6) is 0.513. The van der Waals surface area contributed by atoms with Gasteiger partial charge in [-0.05, 0) is 74.3 Å². The van der Waals surface area contributed by atoms with Crippen LogP contribution in [0, 0.1) is 19.8 Å². The van der Waals surface area contributed by atoms with E-state index in [1.165, 1.54) is 0 Å². The van der Waals surface area contributed by atoms with Crippen molar-refractivity contribution >= 4 is 29.1 Å². The van der Waals surface area contributed by atoms with Crippen LogP contribution in [-0.4, -0.2) is 29.6 Å². The van der Waals surface area contributed by atoms with Crippen LogP contribution in [0.25, 0.3) is 0 Å². The highest BCUT2D eigenvalue weighted by Crippen LogP contribution is 2.19. The number of nitrogens with one attached hydrogen (secondary N) is 3. The first-order chi connectivity index (χ1) is 14.7. The van der Waals surface area contributed by atoms with E-state index in [9.17, 15) is 9.59 Å². The van der Waals surface area contributed by atoms with Crippen LogP contribution in [0.15, 0.2) is 42.5 Å². The number of hydrazine groups is 1. The Morgan fingerprint density at radius 3 is 2.39 bits per heavy atom. The predicted molar refractivity (Wildman–Crippen MR) is 124 cm³/mol. The lowest BCUT2D eigenvalue weighted by Crippen LogP contribution is -2.51. The maximum atomic E-state index is 12.5. The molecule has 31 heavy (non-hydrogen) atoms. The molecule has 0 aliphatic rings. The topological polar surface area (TPSA) is 88.7 Å². The molecule has 0 radical (unpaired) electrons. The van der Waals surface area contributed by atoms with E-state index in [0.717, 1.165) is 11.1 Å². The lowest BCUT2D eigenvalue weighted by Gasteiger charge is -2.17. The van der Waals surface area contributed by atoms with E-state index in [2.05, 4.69) is 16.2 Å². The molecule has 0 heterocycles. The molecular formula is C23H29N3O4S. The first-order valence-corrected chi connectivity index (χ1v) is 10.4. The number of thiocarbonyl (C=S) groups is 1. The molecule has 3 N–H and O–H groups in total. The van der Waals surface area contributed by atoms with Gasteiger partial charge in [0.05, 0.1) is 12.2 Å². The molecule has 0 saturated heterocycles. The van der Waals surface area contributed by atoms with E-state index in [0.29, 0.717) is 29.6 Å². The molecule has 2 rings (SSSR count). The average Bonchev–Trinajstić information content (AvgIpc) is 2.73. The highest BCUT2D eigenvalue weighted by atomic mass is 32.1. The summed E-state index contributed by atoms with van der Waals surface area (Å²) in [6, 6.07) is 12.5. The second-order valence-electron chi connectivity index (χ2n) is 7.60. The van der Waals surface area contributed by atoms with Crippen molar-refractivity contribution < 1.29 is 19.1 Å². The first kappa shape index (κ1) is 24.1. The number of hydrogen-bond acceptors (Lipinski definition) is 5. The Balaban J connectivity index is 1.86. The van der Waals surface area contributed by atoms with E-state index in [-0.39, 0.29) is 5.11 Å². The number of amides is 2. The smallest absolute Gasteiger partial charge is 0.279 e. The molecule has 1 unspecified atom stereocenters. The number of para-hydroxylation sites is 1. The van der Waals surface area contributed by atoms with Gasteiger partial charge in [0.25, 0.3) is 11.8 Å². The largest absolute Gasteiger partial charge is 0.492 e. The van der Waals surface area contributed by atoms with Crippen molar-refractivity contribution in [2.24, 2.45) is 5.92 Å². The summed E-state index contributed by atoms with van der Waals surface area (Å²) in [6.45, 7) is 10.1. The zero-order valence-electron chi connectivity index (χ0n) is 18.4. The summed E-state index contributed by atoms with van der Waals surface area (Å²) in [4.78, 5) is 24.8. The fourth-order valence-corrected chi connectivity index (χ4v) is 2.65. The van der Waals surface area contributed by atoms with E-state index in [1.54, 1.807) is 31.2 Å². The van der Waals surface area contributed by atoms with Crippen molar-refractivity contribution in [3.05, 3.63) is 59.2 Å². The van der Waals surface area contributed by atoms with Gasteiger partial charge in [0, 0.05) is 0 Å². The molecular weight excluding hydrogens is 414 g/mol. The normalized spacial score (nSPS) is 11.4. The lowest BCUT2D eigenvalue weighted by atomic mass is 10.1. The van der Waals surface area contributed by atoms with Crippen molar-refractivity contribution in [3.63, 3.8) is 0 Å². The van der Waals surface area contributed by atoms with Gasteiger partial charge in [-0.25, -0.2) is 0 Å². The summed E-state index contributed by atoms with van der Waals surface area (Å²) in [5, 5.41) is 2.48. The molecule has 1 atom stereocenters. The fourth-order valence-electron chi connectivity index (χ4n) is 2.50. The molecule has 0 aliphatic carbocycles. The van der Waals surface area contributed by atoms with Crippen LogP contribution in [-0.2, 0) is 4.79 Å². The van der Waals surface area contributed by atoms with Crippen molar-refractivity contribution in [1.82, 2.24) is 16.2 Å². The van der Waals surface area contributed by atoms with Crippen LogP contribution in [0.4, 0.5) is 0 Å². The Hall–Kier alpha value is -3.13. The Morgan fingerprint density at radius 1 is 1.00 bits per heavy atom. The summed E-state index contributed by atoms with van der Waals surface area (Å²) in [6.07, 6.45) is -0.765. The second-order valence-corrected chi connectivity index (χ2v) is 8.01. The van der Waals surface area contributed by atoms with Crippen LogP contribution in [0.2, 0.25) is 0 Å². The minimum absolute atomic E-state index is 0.0459. The number of aryl methyl sites for hydroxylation is 2. The number of carbonyl (C=O) groups is 2. The predicted octanol–water partition coefficient (Wildman–Crippen LogP) is 3.44. The molecule has 2 amide bonds. The van der Waals surface area contributed by atoms with Gasteiger partial charge in [-0.2, -0.15) is 0 Å². The molecule has 0 bridgehead atoms.